The molecular weight excluding hydrogens is 390 g/mol. The first-order valence-electron chi connectivity index (χ1n) is 9.57. The second-order valence-corrected chi connectivity index (χ2v) is 8.98. The fourth-order valence-electron chi connectivity index (χ4n) is 3.16. The predicted molar refractivity (Wildman–Crippen MR) is 114 cm³/mol. The van der Waals surface area contributed by atoms with E-state index >= 15 is 0 Å². The summed E-state index contributed by atoms with van der Waals surface area (Å²) in [5, 5.41) is 0. The molecule has 2 aromatic carbocycles. The molecule has 7 nitrogen and oxygen atoms in total. The highest BCUT2D eigenvalue weighted by Gasteiger charge is 2.20. The van der Waals surface area contributed by atoms with Crippen molar-refractivity contribution in [1.29, 1.82) is 0 Å². The van der Waals surface area contributed by atoms with Crippen LogP contribution in [0.3, 0.4) is 0 Å². The zero-order chi connectivity index (χ0) is 21.2. The average Bonchev–Trinajstić information content (AvgIpc) is 3.09. The minimum Gasteiger partial charge on any atom is -0.493 e. The van der Waals surface area contributed by atoms with E-state index in [0.717, 1.165) is 23.3 Å². The maximum Gasteiger partial charge on any atom is 0.242 e. The molecule has 0 saturated carbocycles. The van der Waals surface area contributed by atoms with Crippen LogP contribution in [0.2, 0.25) is 0 Å². The molecule has 0 aliphatic rings. The van der Waals surface area contributed by atoms with E-state index in [1.54, 1.807) is 19.2 Å². The molecule has 156 valence electrons. The van der Waals surface area contributed by atoms with Crippen LogP contribution < -0.4 is 9.47 Å². The van der Waals surface area contributed by atoms with Gasteiger partial charge in [-0.05, 0) is 49.7 Å². The number of fused-ring (bicyclic) bond motifs is 1. The van der Waals surface area contributed by atoms with Gasteiger partial charge in [-0.3, -0.25) is 0 Å². The summed E-state index contributed by atoms with van der Waals surface area (Å²) in [6, 6.07) is 10.8. The third kappa shape index (κ3) is 3.95. The molecule has 0 amide bonds. The summed E-state index contributed by atoms with van der Waals surface area (Å²) < 4.78 is 39.5. The standard InChI is InChI=1S/C21H27N3O4S/c1-6-12-28-20-13-15(8-11-19(20)27-5)21-22-17-14-16(29(25,26)23(3)4)9-10-18(17)24(21)7-2/h8-11,13-14H,6-7,12H2,1-5H3. The Bertz CT molecular complexity index is 1120. The lowest BCUT2D eigenvalue weighted by molar-refractivity contribution is 0.294. The summed E-state index contributed by atoms with van der Waals surface area (Å²) in [6.07, 6.45) is 0.893. The molecule has 29 heavy (non-hydrogen) atoms. The number of sulfonamides is 1. The van der Waals surface area contributed by atoms with Crippen LogP contribution in [0.1, 0.15) is 20.3 Å². The van der Waals surface area contributed by atoms with Gasteiger partial charge in [-0.15, -0.1) is 0 Å². The molecular formula is C21H27N3O4S. The van der Waals surface area contributed by atoms with Crippen molar-refractivity contribution in [3.8, 4) is 22.9 Å². The maximum atomic E-state index is 12.5. The van der Waals surface area contributed by atoms with E-state index in [-0.39, 0.29) is 4.90 Å². The number of ether oxygens (including phenoxy) is 2. The van der Waals surface area contributed by atoms with Crippen LogP contribution in [-0.2, 0) is 16.6 Å². The van der Waals surface area contributed by atoms with Gasteiger partial charge in [-0.1, -0.05) is 6.92 Å². The molecule has 8 heteroatoms. The van der Waals surface area contributed by atoms with Gasteiger partial charge in [0.15, 0.2) is 11.5 Å². The monoisotopic (exact) mass is 417 g/mol. The molecule has 0 saturated heterocycles. The number of imidazole rings is 1. The van der Waals surface area contributed by atoms with Crippen LogP contribution >= 0.6 is 0 Å². The fourth-order valence-corrected chi connectivity index (χ4v) is 4.08. The van der Waals surface area contributed by atoms with Gasteiger partial charge in [0.1, 0.15) is 5.82 Å². The molecule has 0 aliphatic heterocycles. The van der Waals surface area contributed by atoms with Gasteiger partial charge in [0, 0.05) is 26.2 Å². The van der Waals surface area contributed by atoms with Crippen molar-refractivity contribution in [2.75, 3.05) is 27.8 Å². The first-order valence-corrected chi connectivity index (χ1v) is 11.0. The Balaban J connectivity index is 2.15. The predicted octanol–water partition coefficient (Wildman–Crippen LogP) is 3.77. The lowest BCUT2D eigenvalue weighted by Gasteiger charge is -2.12. The number of nitrogens with zero attached hydrogens (tertiary/aromatic N) is 3. The second-order valence-electron chi connectivity index (χ2n) is 6.83. The van der Waals surface area contributed by atoms with Gasteiger partial charge in [0.25, 0.3) is 0 Å². The molecule has 0 atom stereocenters. The van der Waals surface area contributed by atoms with Crippen molar-refractivity contribution in [2.45, 2.75) is 31.7 Å². The van der Waals surface area contributed by atoms with Gasteiger partial charge in [0.2, 0.25) is 10.0 Å². The minimum atomic E-state index is -3.52. The Morgan fingerprint density at radius 3 is 2.45 bits per heavy atom. The Hall–Kier alpha value is -2.58. The van der Waals surface area contributed by atoms with E-state index in [4.69, 9.17) is 14.5 Å². The molecule has 0 fully saturated rings. The molecule has 0 spiro atoms. The van der Waals surface area contributed by atoms with Crippen LogP contribution in [0, 0.1) is 0 Å². The molecule has 3 rings (SSSR count). The molecule has 0 bridgehead atoms. The summed E-state index contributed by atoms with van der Waals surface area (Å²) in [5.74, 6) is 2.09. The second kappa shape index (κ2) is 8.42. The van der Waals surface area contributed by atoms with Gasteiger partial charge in [-0.25, -0.2) is 17.7 Å². The highest BCUT2D eigenvalue weighted by molar-refractivity contribution is 7.89. The van der Waals surface area contributed by atoms with Crippen molar-refractivity contribution in [1.82, 2.24) is 13.9 Å². The Morgan fingerprint density at radius 2 is 1.83 bits per heavy atom. The maximum absolute atomic E-state index is 12.5. The quantitative estimate of drug-likeness (QED) is 0.558. The Labute approximate surface area is 171 Å². The number of methoxy groups -OCH3 is 1. The zero-order valence-corrected chi connectivity index (χ0v) is 18.3. The third-order valence-electron chi connectivity index (χ3n) is 4.70. The Kier molecular flexibility index (Phi) is 6.14. The first-order chi connectivity index (χ1) is 13.8. The lowest BCUT2D eigenvalue weighted by Crippen LogP contribution is -2.22. The molecule has 1 heterocycles. The van der Waals surface area contributed by atoms with Crippen molar-refractivity contribution in [3.05, 3.63) is 36.4 Å². The number of benzene rings is 2. The fraction of sp³-hybridized carbons (Fsp3) is 0.381. The number of hydrogen-bond acceptors (Lipinski definition) is 5. The smallest absolute Gasteiger partial charge is 0.242 e. The first kappa shape index (κ1) is 21.1. The number of hydrogen-bond donors (Lipinski definition) is 0. The highest BCUT2D eigenvalue weighted by Crippen LogP contribution is 2.34. The summed E-state index contributed by atoms with van der Waals surface area (Å²) in [6.45, 7) is 5.37. The summed E-state index contributed by atoms with van der Waals surface area (Å²) in [4.78, 5) is 4.97. The molecule has 0 N–H and O–H groups in total. The van der Waals surface area contributed by atoms with Crippen molar-refractivity contribution in [3.63, 3.8) is 0 Å². The van der Waals surface area contributed by atoms with Crippen LogP contribution in [0.25, 0.3) is 22.4 Å². The van der Waals surface area contributed by atoms with E-state index in [0.29, 0.717) is 30.2 Å². The van der Waals surface area contributed by atoms with Gasteiger partial charge in [-0.2, -0.15) is 0 Å². The van der Waals surface area contributed by atoms with Crippen molar-refractivity contribution in [2.24, 2.45) is 0 Å². The van der Waals surface area contributed by atoms with Crippen LogP contribution in [0.4, 0.5) is 0 Å². The number of rotatable bonds is 8. The lowest BCUT2D eigenvalue weighted by atomic mass is 10.2. The molecule has 0 aliphatic carbocycles. The summed E-state index contributed by atoms with van der Waals surface area (Å²) in [7, 11) is 1.13. The van der Waals surface area contributed by atoms with Gasteiger partial charge in [0.05, 0.1) is 29.6 Å². The SMILES string of the molecule is CCCOc1cc(-c2nc3cc(S(=O)(=O)N(C)C)ccc3n2CC)ccc1OC. The zero-order valence-electron chi connectivity index (χ0n) is 17.5. The normalized spacial score (nSPS) is 11.9. The van der Waals surface area contributed by atoms with Crippen molar-refractivity contribution >= 4 is 21.1 Å². The molecule has 1 aromatic heterocycles. The summed E-state index contributed by atoms with van der Waals surface area (Å²) >= 11 is 0. The van der Waals surface area contributed by atoms with Crippen LogP contribution in [0.15, 0.2) is 41.3 Å². The van der Waals surface area contributed by atoms with Crippen molar-refractivity contribution < 1.29 is 17.9 Å². The van der Waals surface area contributed by atoms with Crippen LogP contribution in [-0.4, -0.2) is 50.1 Å². The highest BCUT2D eigenvalue weighted by atomic mass is 32.2. The van der Waals surface area contributed by atoms with E-state index in [2.05, 4.69) is 4.57 Å². The van der Waals surface area contributed by atoms with E-state index in [1.165, 1.54) is 18.4 Å². The van der Waals surface area contributed by atoms with Gasteiger partial charge < -0.3 is 14.0 Å². The Morgan fingerprint density at radius 1 is 1.07 bits per heavy atom. The van der Waals surface area contributed by atoms with E-state index in [1.807, 2.05) is 38.1 Å². The third-order valence-corrected chi connectivity index (χ3v) is 6.51. The topological polar surface area (TPSA) is 73.7 Å². The van der Waals surface area contributed by atoms with Crippen LogP contribution in [0.5, 0.6) is 11.5 Å². The van der Waals surface area contributed by atoms with E-state index < -0.39 is 10.0 Å². The average molecular weight is 418 g/mol. The number of aryl methyl sites for hydroxylation is 1. The molecule has 0 radical (unpaired) electrons. The molecule has 0 unspecified atom stereocenters. The summed E-state index contributed by atoms with van der Waals surface area (Å²) in [5.41, 5.74) is 2.40. The van der Waals surface area contributed by atoms with Gasteiger partial charge >= 0.3 is 0 Å². The number of aromatic nitrogens is 2. The van der Waals surface area contributed by atoms with E-state index in [9.17, 15) is 8.42 Å². The minimum absolute atomic E-state index is 0.226. The largest absolute Gasteiger partial charge is 0.493 e. The molecule has 3 aromatic rings.